The van der Waals surface area contributed by atoms with E-state index in [-0.39, 0.29) is 45.1 Å². The summed E-state index contributed by atoms with van der Waals surface area (Å²) in [6, 6.07) is 20.2. The number of amides is 5. The fourth-order valence-corrected chi connectivity index (χ4v) is 4.90. The molecule has 3 rings (SSSR count). The Hall–Kier alpha value is -6.17. The van der Waals surface area contributed by atoms with Gasteiger partial charge < -0.3 is 49.6 Å². The molecule has 0 fully saturated rings. The molecule has 3 N–H and O–H groups in total. The first kappa shape index (κ1) is 49.0. The van der Waals surface area contributed by atoms with Gasteiger partial charge in [0.15, 0.2) is 0 Å². The Labute approximate surface area is 342 Å². The van der Waals surface area contributed by atoms with E-state index in [9.17, 15) is 37.1 Å². The van der Waals surface area contributed by atoms with Crippen molar-refractivity contribution < 1.29 is 61.0 Å². The van der Waals surface area contributed by atoms with E-state index in [0.717, 1.165) is 5.56 Å². The molecule has 0 unspecified atom stereocenters. The first-order chi connectivity index (χ1) is 27.6. The lowest BCUT2D eigenvalue weighted by atomic mass is 10.1. The molecule has 0 spiro atoms. The summed E-state index contributed by atoms with van der Waals surface area (Å²) in [6.45, 7) is 6.41. The van der Waals surface area contributed by atoms with E-state index >= 15 is 0 Å². The van der Waals surface area contributed by atoms with E-state index in [4.69, 9.17) is 19.4 Å². The molecule has 0 aliphatic heterocycles. The standard InChI is InChI=1S/C39H52N6O7.C2HF3O2/c1-28(2)19-21-43(26-35(46)40-31-15-17-32(18-16-31)41-39(50)42-34-14-9-8-11-29(34)3)36(47)27-44(22-20-37(48)52-24-23-45(4,5)6)38(49)30-12-10-13-33(25-30)51-7;3-2(4,5)1(6)7/h8-18,25,28H,19-24,26-27H2,1-7H3,(H2-,40,41,42,46,50);(H,6,7). The lowest BCUT2D eigenvalue weighted by molar-refractivity contribution is -0.870. The number of aryl methyl sites for hydroxylation is 1. The molecule has 3 aromatic carbocycles. The molecule has 0 bridgehead atoms. The van der Waals surface area contributed by atoms with E-state index in [1.54, 1.807) is 48.5 Å². The zero-order valence-electron chi connectivity index (χ0n) is 34.3. The number of anilines is 3. The van der Waals surface area contributed by atoms with Gasteiger partial charge in [-0.2, -0.15) is 13.2 Å². The molecule has 0 aromatic heterocycles. The van der Waals surface area contributed by atoms with Crippen LogP contribution in [0.1, 0.15) is 42.6 Å². The van der Waals surface area contributed by atoms with Gasteiger partial charge >= 0.3 is 18.2 Å². The number of ether oxygens (including phenoxy) is 2. The Kier molecular flexibility index (Phi) is 19.3. The summed E-state index contributed by atoms with van der Waals surface area (Å²) in [7, 11) is 7.46. The predicted molar refractivity (Wildman–Crippen MR) is 213 cm³/mol. The van der Waals surface area contributed by atoms with Crippen molar-refractivity contribution in [3.63, 3.8) is 0 Å². The smallest absolute Gasteiger partial charge is 0.430 e. The van der Waals surface area contributed by atoms with Crippen LogP contribution in [-0.2, 0) is 23.9 Å². The number of urea groups is 1. The van der Waals surface area contributed by atoms with Gasteiger partial charge in [-0.05, 0) is 73.4 Å². The van der Waals surface area contributed by atoms with E-state index in [1.807, 2.05) is 66.2 Å². The van der Waals surface area contributed by atoms with Crippen molar-refractivity contribution in [2.75, 3.05) is 83.5 Å². The summed E-state index contributed by atoms with van der Waals surface area (Å²) in [5.41, 5.74) is 2.92. The molecule has 0 heterocycles. The Balaban J connectivity index is 0.00000157. The summed E-state index contributed by atoms with van der Waals surface area (Å²) in [6.07, 6.45) is -4.67. The number of hydrogen-bond donors (Lipinski definition) is 3. The molecule has 0 radical (unpaired) electrons. The average molecular weight is 831 g/mol. The number of para-hydroxylation sites is 1. The normalized spacial score (nSPS) is 11.0. The average Bonchev–Trinajstić information content (AvgIpc) is 3.15. The fraction of sp³-hybridized carbons (Fsp3) is 0.415. The van der Waals surface area contributed by atoms with Gasteiger partial charge in [-0.25, -0.2) is 4.79 Å². The van der Waals surface area contributed by atoms with Gasteiger partial charge in [0.2, 0.25) is 11.8 Å². The first-order valence-corrected chi connectivity index (χ1v) is 18.6. The maximum Gasteiger partial charge on any atom is 0.430 e. The highest BCUT2D eigenvalue weighted by Gasteiger charge is 2.29. The number of aliphatic carboxylic acids is 1. The maximum atomic E-state index is 13.8. The maximum absolute atomic E-state index is 13.8. The fourth-order valence-electron chi connectivity index (χ4n) is 4.90. The van der Waals surface area contributed by atoms with Crippen molar-refractivity contribution in [1.82, 2.24) is 9.80 Å². The number of alkyl halides is 3. The number of nitrogens with one attached hydrogen (secondary N) is 3. The van der Waals surface area contributed by atoms with E-state index in [1.165, 1.54) is 16.9 Å². The molecular weight excluding hydrogens is 777 g/mol. The molecule has 322 valence electrons. The summed E-state index contributed by atoms with van der Waals surface area (Å²) in [4.78, 5) is 77.3. The van der Waals surface area contributed by atoms with Crippen LogP contribution < -0.4 is 25.8 Å². The van der Waals surface area contributed by atoms with Gasteiger partial charge in [0, 0.05) is 35.7 Å². The van der Waals surface area contributed by atoms with Crippen LogP contribution in [-0.4, -0.2) is 124 Å². The molecule has 0 atom stereocenters. The number of likely N-dealkylation sites (N-methyl/N-ethyl adjacent to an activating group) is 1. The van der Waals surface area contributed by atoms with Crippen LogP contribution in [0, 0.1) is 12.8 Å². The van der Waals surface area contributed by atoms with Crippen LogP contribution in [0.5, 0.6) is 5.75 Å². The third-order valence-electron chi connectivity index (χ3n) is 8.26. The molecule has 3 aromatic rings. The number of halogens is 3. The van der Waals surface area contributed by atoms with Crippen molar-refractivity contribution in [2.24, 2.45) is 5.92 Å². The molecule has 15 nitrogen and oxygen atoms in total. The monoisotopic (exact) mass is 830 g/mol. The van der Waals surface area contributed by atoms with Gasteiger partial charge in [0.05, 0.1) is 41.2 Å². The minimum absolute atomic E-state index is 0.0570. The zero-order valence-corrected chi connectivity index (χ0v) is 34.3. The van der Waals surface area contributed by atoms with Crippen molar-refractivity contribution in [2.45, 2.75) is 39.8 Å². The van der Waals surface area contributed by atoms with Crippen LogP contribution in [0.25, 0.3) is 0 Å². The summed E-state index contributed by atoms with van der Waals surface area (Å²) >= 11 is 0. The second kappa shape index (κ2) is 23.3. The van der Waals surface area contributed by atoms with Gasteiger partial charge in [0.1, 0.15) is 31.4 Å². The van der Waals surface area contributed by atoms with Crippen molar-refractivity contribution in [3.8, 4) is 5.75 Å². The highest BCUT2D eigenvalue weighted by Crippen LogP contribution is 2.18. The molecule has 0 saturated heterocycles. The first-order valence-electron chi connectivity index (χ1n) is 18.6. The minimum atomic E-state index is -5.19. The number of carbonyl (C=O) groups excluding carboxylic acids is 6. The van der Waals surface area contributed by atoms with Crippen molar-refractivity contribution in [1.29, 1.82) is 0 Å². The Morgan fingerprint density at radius 2 is 1.42 bits per heavy atom. The van der Waals surface area contributed by atoms with Crippen LogP contribution in [0.4, 0.5) is 35.0 Å². The molecule has 0 aliphatic carbocycles. The summed E-state index contributed by atoms with van der Waals surface area (Å²) in [5.74, 6) is -4.09. The Morgan fingerprint density at radius 3 is 1.98 bits per heavy atom. The number of nitrogens with zero attached hydrogens (tertiary/aromatic N) is 3. The third-order valence-corrected chi connectivity index (χ3v) is 8.26. The second-order valence-electron chi connectivity index (χ2n) is 14.7. The SMILES string of the molecule is COc1cccc(C(=O)N(CCC(=O)OCC[N+](C)(C)C)CC(=O)N(CCC(C)C)CC(=O)Nc2ccc(NC(=O)Nc3ccccc3C)cc2)c1.O=C([O-])C(F)(F)F. The molecule has 5 amide bonds. The van der Waals surface area contributed by atoms with Crippen LogP contribution in [0.3, 0.4) is 0 Å². The highest BCUT2D eigenvalue weighted by molar-refractivity contribution is 6.01. The number of quaternary nitrogens is 1. The quantitative estimate of drug-likeness (QED) is 0.122. The molecular formula is C41H53F3N6O9. The van der Waals surface area contributed by atoms with Gasteiger partial charge in [-0.3, -0.25) is 19.2 Å². The highest BCUT2D eigenvalue weighted by atomic mass is 19.4. The third kappa shape index (κ3) is 19.2. The van der Waals surface area contributed by atoms with Crippen LogP contribution >= 0.6 is 0 Å². The number of esters is 1. The number of rotatable bonds is 18. The Morgan fingerprint density at radius 1 is 0.814 bits per heavy atom. The number of hydrogen-bond acceptors (Lipinski definition) is 9. The lowest BCUT2D eigenvalue weighted by Crippen LogP contribution is -2.46. The van der Waals surface area contributed by atoms with Gasteiger partial charge in [-0.15, -0.1) is 0 Å². The summed E-state index contributed by atoms with van der Waals surface area (Å²) < 4.78 is 42.8. The molecule has 0 aliphatic rings. The molecule has 18 heteroatoms. The van der Waals surface area contributed by atoms with Crippen LogP contribution in [0.15, 0.2) is 72.8 Å². The second-order valence-corrected chi connectivity index (χ2v) is 14.7. The zero-order chi connectivity index (χ0) is 44.3. The molecule has 59 heavy (non-hydrogen) atoms. The number of carbonyl (C=O) groups is 6. The largest absolute Gasteiger partial charge is 0.542 e. The van der Waals surface area contributed by atoms with E-state index in [0.29, 0.717) is 45.8 Å². The van der Waals surface area contributed by atoms with Crippen molar-refractivity contribution in [3.05, 3.63) is 83.9 Å². The number of carboxylic acid groups (broad SMARTS) is 1. The summed E-state index contributed by atoms with van der Waals surface area (Å²) in [5, 5.41) is 17.2. The number of benzene rings is 3. The Bertz CT molecular complexity index is 1880. The number of carboxylic acids is 1. The number of methoxy groups -OCH3 is 1. The lowest BCUT2D eigenvalue weighted by Gasteiger charge is -2.28. The van der Waals surface area contributed by atoms with Crippen LogP contribution in [0.2, 0.25) is 0 Å². The molecule has 0 saturated carbocycles. The minimum Gasteiger partial charge on any atom is -0.542 e. The van der Waals surface area contributed by atoms with E-state index < -0.39 is 41.9 Å². The topological polar surface area (TPSA) is 187 Å². The van der Waals surface area contributed by atoms with Gasteiger partial charge in [-0.1, -0.05) is 38.1 Å². The van der Waals surface area contributed by atoms with Gasteiger partial charge in [0.25, 0.3) is 5.91 Å². The predicted octanol–water partition coefficient (Wildman–Crippen LogP) is 4.54. The van der Waals surface area contributed by atoms with E-state index in [2.05, 4.69) is 16.0 Å². The van der Waals surface area contributed by atoms with Crippen molar-refractivity contribution >= 4 is 52.8 Å².